The monoisotopic (exact) mass is 476 g/mol. The molecule has 4 nitrogen and oxygen atoms in total. The Kier molecular flexibility index (Phi) is 8.24. The maximum Gasteiger partial charge on any atom is 0.434 e. The molecule has 1 N–H and O–H groups in total. The topological polar surface area (TPSA) is 40.5 Å². The minimum Gasteiger partial charge on any atom is -0.357 e. The van der Waals surface area contributed by atoms with Gasteiger partial charge in [0, 0.05) is 25.0 Å². The molecule has 2 heterocycles. The van der Waals surface area contributed by atoms with Crippen molar-refractivity contribution in [3.8, 4) is 0 Å². The van der Waals surface area contributed by atoms with E-state index in [4.69, 9.17) is 0 Å². The summed E-state index contributed by atoms with van der Waals surface area (Å²) < 4.78 is 37.8. The number of hydrogen-bond acceptors (Lipinski definition) is 3. The van der Waals surface area contributed by atoms with Gasteiger partial charge in [0.05, 0.1) is 6.54 Å². The lowest BCUT2D eigenvalue weighted by atomic mass is 9.92. The summed E-state index contributed by atoms with van der Waals surface area (Å²) >= 11 is 1.000. The fraction of sp³-hybridized carbons (Fsp3) is 0.733. The third-order valence-corrected chi connectivity index (χ3v) is 4.54. The average molecular weight is 476 g/mol. The molecular weight excluding hydrogens is 452 g/mol. The number of nitrogens with zero attached hydrogens (tertiary/aromatic N) is 3. The molecule has 0 aromatic carbocycles. The molecule has 0 saturated carbocycles. The van der Waals surface area contributed by atoms with E-state index < -0.39 is 11.9 Å². The second kappa shape index (κ2) is 9.21. The van der Waals surface area contributed by atoms with Gasteiger partial charge in [-0.1, -0.05) is 13.8 Å². The number of aliphatic imine (C=N–C) groups is 1. The summed E-state index contributed by atoms with van der Waals surface area (Å²) in [5, 5.41) is 4.66. The quantitative estimate of drug-likeness (QED) is 0.404. The lowest BCUT2D eigenvalue weighted by Crippen LogP contribution is -2.48. The summed E-state index contributed by atoms with van der Waals surface area (Å²) in [6.07, 6.45) is -3.20. The van der Waals surface area contributed by atoms with E-state index in [1.54, 1.807) is 0 Å². The van der Waals surface area contributed by atoms with Crippen LogP contribution in [0, 0.1) is 11.8 Å². The van der Waals surface area contributed by atoms with E-state index in [-0.39, 0.29) is 30.5 Å². The van der Waals surface area contributed by atoms with Crippen LogP contribution in [0.1, 0.15) is 37.9 Å². The summed E-state index contributed by atoms with van der Waals surface area (Å²) in [4.78, 5) is 10.3. The summed E-state index contributed by atoms with van der Waals surface area (Å²) in [5.41, 5.74) is -0.835. The normalized spacial score (nSPS) is 22.2. The van der Waals surface area contributed by atoms with Crippen molar-refractivity contribution in [2.24, 2.45) is 16.8 Å². The van der Waals surface area contributed by atoms with E-state index in [2.05, 4.69) is 34.0 Å². The van der Waals surface area contributed by atoms with Crippen molar-refractivity contribution in [2.75, 3.05) is 19.6 Å². The summed E-state index contributed by atoms with van der Waals surface area (Å²) in [6, 6.07) is 0. The molecule has 1 aliphatic rings. The van der Waals surface area contributed by atoms with Gasteiger partial charge in [0.25, 0.3) is 0 Å². The molecule has 138 valence electrons. The fourth-order valence-electron chi connectivity index (χ4n) is 2.92. The number of rotatable bonds is 3. The second-order valence-electron chi connectivity index (χ2n) is 6.15. The van der Waals surface area contributed by atoms with Gasteiger partial charge in [-0.25, -0.2) is 9.98 Å². The van der Waals surface area contributed by atoms with Crippen LogP contribution in [-0.2, 0) is 12.7 Å². The molecule has 1 aromatic heterocycles. The largest absolute Gasteiger partial charge is 0.434 e. The van der Waals surface area contributed by atoms with Crippen molar-refractivity contribution in [1.82, 2.24) is 15.2 Å². The van der Waals surface area contributed by atoms with E-state index in [1.165, 1.54) is 6.42 Å². The third kappa shape index (κ3) is 6.05. The van der Waals surface area contributed by atoms with Gasteiger partial charge in [0.2, 0.25) is 0 Å². The van der Waals surface area contributed by atoms with Crippen molar-refractivity contribution in [3.63, 3.8) is 0 Å². The average Bonchev–Trinajstić information content (AvgIpc) is 2.91. The molecule has 2 unspecified atom stereocenters. The van der Waals surface area contributed by atoms with Crippen LogP contribution >= 0.6 is 35.3 Å². The number of aromatic nitrogens is 1. The third-order valence-electron chi connectivity index (χ3n) is 3.71. The van der Waals surface area contributed by atoms with Crippen LogP contribution in [-0.4, -0.2) is 35.5 Å². The Morgan fingerprint density at radius 2 is 2.00 bits per heavy atom. The van der Waals surface area contributed by atoms with Gasteiger partial charge >= 0.3 is 6.18 Å². The highest BCUT2D eigenvalue weighted by Gasteiger charge is 2.33. The van der Waals surface area contributed by atoms with E-state index >= 15 is 0 Å². The van der Waals surface area contributed by atoms with Crippen LogP contribution in [0.2, 0.25) is 0 Å². The number of nitrogens with one attached hydrogen (secondary N) is 1. The summed E-state index contributed by atoms with van der Waals surface area (Å²) in [6.45, 7) is 9.14. The standard InChI is InChI=1S/C15H23F3N4S.HI/c1-4-19-14(22-7-10(2)5-11(3)8-22)20-6-13-21-12(9-23-13)15(16,17)18;/h9-11H,4-8H2,1-3H3,(H,19,20);1H. The Balaban J connectivity index is 0.00000288. The molecule has 0 amide bonds. The molecule has 1 aromatic rings. The number of likely N-dealkylation sites (tertiary alicyclic amines) is 1. The Morgan fingerprint density at radius 3 is 2.50 bits per heavy atom. The zero-order chi connectivity index (χ0) is 17.0. The summed E-state index contributed by atoms with van der Waals surface area (Å²) in [7, 11) is 0. The van der Waals surface area contributed by atoms with Crippen molar-refractivity contribution in [2.45, 2.75) is 39.9 Å². The zero-order valence-corrected chi connectivity index (χ0v) is 17.2. The lowest BCUT2D eigenvalue weighted by Gasteiger charge is -2.37. The summed E-state index contributed by atoms with van der Waals surface area (Å²) in [5.74, 6) is 1.92. The number of guanidine groups is 1. The van der Waals surface area contributed by atoms with Gasteiger partial charge in [0.15, 0.2) is 11.7 Å². The van der Waals surface area contributed by atoms with Crippen molar-refractivity contribution in [1.29, 1.82) is 0 Å². The van der Waals surface area contributed by atoms with E-state index in [9.17, 15) is 13.2 Å². The maximum atomic E-state index is 12.6. The minimum absolute atomic E-state index is 0. The molecule has 2 rings (SSSR count). The highest BCUT2D eigenvalue weighted by atomic mass is 127. The highest BCUT2D eigenvalue weighted by Crippen LogP contribution is 2.30. The predicted molar refractivity (Wildman–Crippen MR) is 102 cm³/mol. The Morgan fingerprint density at radius 1 is 1.38 bits per heavy atom. The first-order valence-corrected chi connectivity index (χ1v) is 8.72. The molecule has 1 fully saturated rings. The number of alkyl halides is 3. The lowest BCUT2D eigenvalue weighted by molar-refractivity contribution is -0.140. The van der Waals surface area contributed by atoms with Gasteiger partial charge in [-0.2, -0.15) is 13.2 Å². The van der Waals surface area contributed by atoms with Gasteiger partial charge in [-0.05, 0) is 25.2 Å². The molecule has 1 saturated heterocycles. The van der Waals surface area contributed by atoms with Gasteiger partial charge in [-0.15, -0.1) is 35.3 Å². The van der Waals surface area contributed by atoms with Crippen LogP contribution in [0.3, 0.4) is 0 Å². The first kappa shape index (κ1) is 21.5. The number of piperidine rings is 1. The Labute approximate surface area is 162 Å². The molecule has 0 radical (unpaired) electrons. The smallest absolute Gasteiger partial charge is 0.357 e. The Hall–Kier alpha value is -0.580. The van der Waals surface area contributed by atoms with E-state index in [0.29, 0.717) is 16.8 Å². The van der Waals surface area contributed by atoms with Gasteiger partial charge in [0.1, 0.15) is 5.01 Å². The van der Waals surface area contributed by atoms with Crippen LogP contribution in [0.5, 0.6) is 0 Å². The molecule has 2 atom stereocenters. The zero-order valence-electron chi connectivity index (χ0n) is 14.1. The van der Waals surface area contributed by atoms with Crippen molar-refractivity contribution >= 4 is 41.3 Å². The molecule has 0 bridgehead atoms. The minimum atomic E-state index is -4.39. The van der Waals surface area contributed by atoms with E-state index in [1.807, 2.05) is 6.92 Å². The van der Waals surface area contributed by atoms with Gasteiger partial charge in [-0.3, -0.25) is 0 Å². The second-order valence-corrected chi connectivity index (χ2v) is 7.09. The molecule has 24 heavy (non-hydrogen) atoms. The molecule has 1 aliphatic heterocycles. The van der Waals surface area contributed by atoms with Gasteiger partial charge < -0.3 is 10.2 Å². The number of thiazole rings is 1. The maximum absolute atomic E-state index is 12.6. The van der Waals surface area contributed by atoms with E-state index in [0.717, 1.165) is 42.3 Å². The molecule has 0 spiro atoms. The SMILES string of the molecule is CCNC(=NCc1nc(C(F)(F)F)cs1)N1CC(C)CC(C)C1.I. The van der Waals surface area contributed by atoms with Crippen LogP contribution in [0.4, 0.5) is 13.2 Å². The Bertz CT molecular complexity index is 537. The fourth-order valence-corrected chi connectivity index (χ4v) is 3.64. The molecule has 9 heteroatoms. The molecular formula is C15H24F3IN4S. The number of hydrogen-bond donors (Lipinski definition) is 1. The highest BCUT2D eigenvalue weighted by molar-refractivity contribution is 14.0. The molecule has 0 aliphatic carbocycles. The van der Waals surface area contributed by atoms with Crippen LogP contribution in [0.15, 0.2) is 10.4 Å². The van der Waals surface area contributed by atoms with Crippen molar-refractivity contribution < 1.29 is 13.2 Å². The number of halogens is 4. The first-order chi connectivity index (χ1) is 10.8. The predicted octanol–water partition coefficient (Wildman–Crippen LogP) is 4.22. The van der Waals surface area contributed by atoms with Crippen LogP contribution < -0.4 is 5.32 Å². The van der Waals surface area contributed by atoms with Crippen molar-refractivity contribution in [3.05, 3.63) is 16.1 Å². The first-order valence-electron chi connectivity index (χ1n) is 7.84. The van der Waals surface area contributed by atoms with Crippen LogP contribution in [0.25, 0.3) is 0 Å².